The number of aryl methyl sites for hydroxylation is 1. The zero-order chi connectivity index (χ0) is 15.4. The summed E-state index contributed by atoms with van der Waals surface area (Å²) in [6.45, 7) is 2.54. The van der Waals surface area contributed by atoms with Crippen molar-refractivity contribution in [2.75, 3.05) is 21.3 Å². The highest BCUT2D eigenvalue weighted by atomic mass is 16.5. The molecule has 0 N–H and O–H groups in total. The smallest absolute Gasteiger partial charge is 0.214 e. The van der Waals surface area contributed by atoms with E-state index in [1.165, 1.54) is 21.3 Å². The van der Waals surface area contributed by atoms with Crippen LogP contribution in [0.2, 0.25) is 0 Å². The third kappa shape index (κ3) is 2.56. The number of aromatic nitrogens is 2. The van der Waals surface area contributed by atoms with E-state index < -0.39 is 0 Å². The van der Waals surface area contributed by atoms with E-state index in [0.29, 0.717) is 35.1 Å². The van der Waals surface area contributed by atoms with E-state index in [1.54, 1.807) is 29.1 Å². The maximum Gasteiger partial charge on any atom is 0.214 e. The molecule has 2 rings (SSSR count). The Labute approximate surface area is 123 Å². The molecule has 112 valence electrons. The first-order valence-electron chi connectivity index (χ1n) is 6.53. The largest absolute Gasteiger partial charge is 0.493 e. The van der Waals surface area contributed by atoms with Crippen LogP contribution in [0.15, 0.2) is 24.4 Å². The quantitative estimate of drug-likeness (QED) is 0.763. The fraction of sp³-hybridized carbons (Fsp3) is 0.333. The molecule has 6 nitrogen and oxygen atoms in total. The Morgan fingerprint density at radius 1 is 1.10 bits per heavy atom. The molecule has 1 aromatic carbocycles. The number of hydrogen-bond acceptors (Lipinski definition) is 5. The number of nitrogens with zero attached hydrogens (tertiary/aromatic N) is 2. The van der Waals surface area contributed by atoms with Gasteiger partial charge in [0.05, 0.1) is 26.9 Å². The maximum atomic E-state index is 12.7. The summed E-state index contributed by atoms with van der Waals surface area (Å²) in [6.07, 6.45) is 1.60. The third-order valence-corrected chi connectivity index (χ3v) is 3.20. The van der Waals surface area contributed by atoms with Gasteiger partial charge in [-0.3, -0.25) is 9.48 Å². The first-order chi connectivity index (χ1) is 10.2. The fourth-order valence-electron chi connectivity index (χ4n) is 2.20. The Morgan fingerprint density at radius 3 is 2.38 bits per heavy atom. The Hall–Kier alpha value is -2.50. The second kappa shape index (κ2) is 6.30. The Morgan fingerprint density at radius 2 is 1.81 bits per heavy atom. The highest BCUT2D eigenvalue weighted by molar-refractivity contribution is 6.10. The van der Waals surface area contributed by atoms with Crippen molar-refractivity contribution in [3.8, 4) is 17.2 Å². The lowest BCUT2D eigenvalue weighted by molar-refractivity contribution is 0.102. The third-order valence-electron chi connectivity index (χ3n) is 3.20. The SMILES string of the molecule is CCn1nccc1C(=O)c1ccc(OC)c(OC)c1OC. The summed E-state index contributed by atoms with van der Waals surface area (Å²) < 4.78 is 17.5. The summed E-state index contributed by atoms with van der Waals surface area (Å²) in [5, 5.41) is 4.11. The lowest BCUT2D eigenvalue weighted by atomic mass is 10.1. The van der Waals surface area contributed by atoms with Gasteiger partial charge in [0.25, 0.3) is 0 Å². The fourth-order valence-corrected chi connectivity index (χ4v) is 2.20. The van der Waals surface area contributed by atoms with Crippen LogP contribution in [0.1, 0.15) is 23.0 Å². The maximum absolute atomic E-state index is 12.7. The van der Waals surface area contributed by atoms with Crippen LogP contribution in [0.4, 0.5) is 0 Å². The summed E-state index contributed by atoms with van der Waals surface area (Å²) in [4.78, 5) is 12.7. The van der Waals surface area contributed by atoms with Crippen LogP contribution in [0, 0.1) is 0 Å². The molecule has 1 heterocycles. The Kier molecular flexibility index (Phi) is 4.47. The van der Waals surface area contributed by atoms with Gasteiger partial charge in [-0.15, -0.1) is 0 Å². The van der Waals surface area contributed by atoms with Crippen molar-refractivity contribution in [1.82, 2.24) is 9.78 Å². The molecule has 0 aliphatic carbocycles. The molecule has 0 aliphatic rings. The van der Waals surface area contributed by atoms with E-state index >= 15 is 0 Å². The summed E-state index contributed by atoms with van der Waals surface area (Å²) in [6, 6.07) is 5.03. The molecule has 0 unspecified atom stereocenters. The van der Waals surface area contributed by atoms with Crippen LogP contribution >= 0.6 is 0 Å². The topological polar surface area (TPSA) is 62.6 Å². The lowest BCUT2D eigenvalue weighted by Crippen LogP contribution is -2.12. The standard InChI is InChI=1S/C15H18N2O4/c1-5-17-11(8-9-16-17)13(18)10-6-7-12(19-2)15(21-4)14(10)20-3/h6-9H,5H2,1-4H3. The first kappa shape index (κ1) is 14.9. The van der Waals surface area contributed by atoms with Crippen molar-refractivity contribution in [3.05, 3.63) is 35.7 Å². The van der Waals surface area contributed by atoms with Gasteiger partial charge in [0, 0.05) is 12.7 Å². The van der Waals surface area contributed by atoms with Crippen molar-refractivity contribution < 1.29 is 19.0 Å². The summed E-state index contributed by atoms with van der Waals surface area (Å²) >= 11 is 0. The van der Waals surface area contributed by atoms with Crippen LogP contribution in [0.25, 0.3) is 0 Å². The van der Waals surface area contributed by atoms with Gasteiger partial charge in [-0.25, -0.2) is 0 Å². The van der Waals surface area contributed by atoms with Gasteiger partial charge in [-0.05, 0) is 25.1 Å². The molecule has 0 radical (unpaired) electrons. The van der Waals surface area contributed by atoms with Gasteiger partial charge in [0.15, 0.2) is 11.5 Å². The molecule has 0 amide bonds. The van der Waals surface area contributed by atoms with Crippen LogP contribution < -0.4 is 14.2 Å². The Balaban J connectivity index is 2.56. The van der Waals surface area contributed by atoms with E-state index in [-0.39, 0.29) is 5.78 Å². The highest BCUT2D eigenvalue weighted by Gasteiger charge is 2.23. The molecule has 0 saturated carbocycles. The molecule has 6 heteroatoms. The van der Waals surface area contributed by atoms with Gasteiger partial charge in [0.1, 0.15) is 5.69 Å². The first-order valence-corrected chi connectivity index (χ1v) is 6.53. The molecule has 0 atom stereocenters. The predicted molar refractivity (Wildman–Crippen MR) is 77.4 cm³/mol. The number of carbonyl (C=O) groups excluding carboxylic acids is 1. The number of methoxy groups -OCH3 is 3. The zero-order valence-electron chi connectivity index (χ0n) is 12.5. The minimum atomic E-state index is -0.174. The van der Waals surface area contributed by atoms with Crippen molar-refractivity contribution in [2.45, 2.75) is 13.5 Å². The van der Waals surface area contributed by atoms with Crippen molar-refractivity contribution in [3.63, 3.8) is 0 Å². The number of ether oxygens (including phenoxy) is 3. The van der Waals surface area contributed by atoms with Crippen molar-refractivity contribution in [1.29, 1.82) is 0 Å². The molecular weight excluding hydrogens is 272 g/mol. The van der Waals surface area contributed by atoms with E-state index in [4.69, 9.17) is 14.2 Å². The second-order valence-corrected chi connectivity index (χ2v) is 4.24. The molecule has 0 fully saturated rings. The van der Waals surface area contributed by atoms with Crippen LogP contribution in [-0.2, 0) is 6.54 Å². The summed E-state index contributed by atoms with van der Waals surface area (Å²) in [5.41, 5.74) is 0.911. The number of benzene rings is 1. The highest BCUT2D eigenvalue weighted by Crippen LogP contribution is 2.40. The number of carbonyl (C=O) groups is 1. The molecular formula is C15H18N2O4. The molecule has 0 aliphatic heterocycles. The summed E-state index contributed by atoms with van der Waals surface area (Å²) in [7, 11) is 4.53. The minimum Gasteiger partial charge on any atom is -0.493 e. The molecule has 0 bridgehead atoms. The van der Waals surface area contributed by atoms with Gasteiger partial charge >= 0.3 is 0 Å². The zero-order valence-corrected chi connectivity index (χ0v) is 12.5. The van der Waals surface area contributed by atoms with Crippen LogP contribution in [0.3, 0.4) is 0 Å². The number of ketones is 1. The second-order valence-electron chi connectivity index (χ2n) is 4.24. The predicted octanol–water partition coefficient (Wildman–Crippen LogP) is 2.16. The van der Waals surface area contributed by atoms with Crippen molar-refractivity contribution >= 4 is 5.78 Å². The van der Waals surface area contributed by atoms with Gasteiger partial charge < -0.3 is 14.2 Å². The van der Waals surface area contributed by atoms with Crippen LogP contribution in [0.5, 0.6) is 17.2 Å². The normalized spacial score (nSPS) is 10.3. The van der Waals surface area contributed by atoms with Crippen molar-refractivity contribution in [2.24, 2.45) is 0 Å². The molecule has 2 aromatic rings. The molecule has 1 aromatic heterocycles. The van der Waals surface area contributed by atoms with Gasteiger partial charge in [0.2, 0.25) is 11.5 Å². The number of rotatable bonds is 6. The van der Waals surface area contributed by atoms with E-state index in [2.05, 4.69) is 5.10 Å². The van der Waals surface area contributed by atoms with E-state index in [1.807, 2.05) is 6.92 Å². The molecule has 0 spiro atoms. The van der Waals surface area contributed by atoms with Gasteiger partial charge in [-0.2, -0.15) is 5.10 Å². The monoisotopic (exact) mass is 290 g/mol. The summed E-state index contributed by atoms with van der Waals surface area (Å²) in [5.74, 6) is 1.08. The average Bonchev–Trinajstić information content (AvgIpc) is 3.00. The molecule has 0 saturated heterocycles. The average molecular weight is 290 g/mol. The minimum absolute atomic E-state index is 0.174. The van der Waals surface area contributed by atoms with E-state index in [0.717, 1.165) is 0 Å². The van der Waals surface area contributed by atoms with E-state index in [9.17, 15) is 4.79 Å². The van der Waals surface area contributed by atoms with Crippen LogP contribution in [-0.4, -0.2) is 36.9 Å². The van der Waals surface area contributed by atoms with Gasteiger partial charge in [-0.1, -0.05) is 0 Å². The molecule has 21 heavy (non-hydrogen) atoms. The number of hydrogen-bond donors (Lipinski definition) is 0. The lowest BCUT2D eigenvalue weighted by Gasteiger charge is -2.15. The Bertz CT molecular complexity index is 649.